The van der Waals surface area contributed by atoms with Crippen molar-refractivity contribution >= 4 is 23.6 Å². The molecule has 1 heterocycles. The molecule has 3 aromatic rings. The molecule has 6 heteroatoms. The van der Waals surface area contributed by atoms with E-state index in [-0.39, 0.29) is 18.6 Å². The first-order valence-electron chi connectivity index (χ1n) is 9.21. The topological polar surface area (TPSA) is 68.3 Å². The van der Waals surface area contributed by atoms with Crippen molar-refractivity contribution in [1.82, 2.24) is 10.3 Å². The van der Waals surface area contributed by atoms with E-state index in [1.165, 1.54) is 11.8 Å². The van der Waals surface area contributed by atoms with Gasteiger partial charge in [-0.3, -0.25) is 4.79 Å². The molecular weight excluding hydrogens is 384 g/mol. The summed E-state index contributed by atoms with van der Waals surface area (Å²) in [5.41, 5.74) is 2.46. The number of hydrogen-bond acceptors (Lipinski definition) is 5. The van der Waals surface area contributed by atoms with Gasteiger partial charge in [0.25, 0.3) is 5.91 Å². The molecule has 0 saturated heterocycles. The highest BCUT2D eigenvalue weighted by molar-refractivity contribution is 7.98. The Kier molecular flexibility index (Phi) is 7.41. The molecule has 3 rings (SSSR count). The van der Waals surface area contributed by atoms with Gasteiger partial charge in [0, 0.05) is 6.20 Å². The number of carbonyl (C=O) groups is 2. The van der Waals surface area contributed by atoms with Gasteiger partial charge in [0.15, 0.2) is 6.61 Å². The highest BCUT2D eigenvalue weighted by Gasteiger charge is 2.18. The second kappa shape index (κ2) is 10.4. The van der Waals surface area contributed by atoms with Gasteiger partial charge >= 0.3 is 5.97 Å². The van der Waals surface area contributed by atoms with Gasteiger partial charge in [-0.05, 0) is 35.9 Å². The summed E-state index contributed by atoms with van der Waals surface area (Å²) in [6, 6.07) is 22.8. The fourth-order valence-electron chi connectivity index (χ4n) is 2.94. The van der Waals surface area contributed by atoms with E-state index in [0.717, 1.165) is 11.1 Å². The first-order chi connectivity index (χ1) is 14.2. The van der Waals surface area contributed by atoms with Gasteiger partial charge in [0.1, 0.15) is 5.03 Å². The molecule has 1 N–H and O–H groups in total. The van der Waals surface area contributed by atoms with Gasteiger partial charge in [-0.15, -0.1) is 11.8 Å². The Hall–Kier alpha value is -3.12. The predicted molar refractivity (Wildman–Crippen MR) is 114 cm³/mol. The van der Waals surface area contributed by atoms with Crippen LogP contribution in [-0.2, 0) is 16.0 Å². The maximum absolute atomic E-state index is 12.5. The van der Waals surface area contributed by atoms with Gasteiger partial charge in [0.2, 0.25) is 0 Å². The Labute approximate surface area is 174 Å². The minimum Gasteiger partial charge on any atom is -0.452 e. The average molecular weight is 407 g/mol. The van der Waals surface area contributed by atoms with E-state index in [9.17, 15) is 9.59 Å². The molecule has 148 valence electrons. The maximum Gasteiger partial charge on any atom is 0.341 e. The molecule has 0 aliphatic heterocycles. The lowest BCUT2D eigenvalue weighted by atomic mass is 9.99. The molecule has 0 radical (unpaired) electrons. The molecule has 2 aromatic carbocycles. The van der Waals surface area contributed by atoms with Gasteiger partial charge in [-0.25, -0.2) is 9.78 Å². The molecule has 0 aliphatic carbocycles. The largest absolute Gasteiger partial charge is 0.452 e. The van der Waals surface area contributed by atoms with Crippen LogP contribution < -0.4 is 5.32 Å². The van der Waals surface area contributed by atoms with Crippen LogP contribution in [0.5, 0.6) is 0 Å². The van der Waals surface area contributed by atoms with E-state index >= 15 is 0 Å². The van der Waals surface area contributed by atoms with Gasteiger partial charge < -0.3 is 10.1 Å². The van der Waals surface area contributed by atoms with Crippen LogP contribution in [0.15, 0.2) is 84.0 Å². The summed E-state index contributed by atoms with van der Waals surface area (Å²) in [4.78, 5) is 29.0. The minimum atomic E-state index is -0.558. The number of nitrogens with zero attached hydrogens (tertiary/aromatic N) is 1. The third kappa shape index (κ3) is 5.93. The normalized spacial score (nSPS) is 11.5. The van der Waals surface area contributed by atoms with Crippen LogP contribution in [0.4, 0.5) is 0 Å². The third-order valence-corrected chi connectivity index (χ3v) is 5.05. The van der Waals surface area contributed by atoms with Crippen molar-refractivity contribution in [2.24, 2.45) is 0 Å². The highest BCUT2D eigenvalue weighted by Crippen LogP contribution is 2.19. The van der Waals surface area contributed by atoms with Crippen LogP contribution in [0.2, 0.25) is 0 Å². The SMILES string of the molecule is CSc1ncccc1C(=O)OCC(=O)N[C@@H](Cc1ccccc1)c1ccccc1. The molecule has 1 amide bonds. The van der Waals surface area contributed by atoms with Crippen molar-refractivity contribution in [1.29, 1.82) is 0 Å². The lowest BCUT2D eigenvalue weighted by Gasteiger charge is -2.19. The van der Waals surface area contributed by atoms with Crippen LogP contribution in [0.25, 0.3) is 0 Å². The summed E-state index contributed by atoms with van der Waals surface area (Å²) in [5.74, 6) is -0.908. The number of pyridine rings is 1. The molecule has 0 aliphatic rings. The second-order valence-electron chi connectivity index (χ2n) is 6.36. The minimum absolute atomic E-state index is 0.218. The van der Waals surface area contributed by atoms with Crippen molar-refractivity contribution in [3.8, 4) is 0 Å². The predicted octanol–water partition coefficient (Wildman–Crippen LogP) is 4.06. The number of rotatable bonds is 8. The first kappa shape index (κ1) is 20.6. The van der Waals surface area contributed by atoms with Crippen LogP contribution in [0.1, 0.15) is 27.5 Å². The molecule has 0 fully saturated rings. The average Bonchev–Trinajstić information content (AvgIpc) is 2.78. The molecule has 0 spiro atoms. The molecule has 0 bridgehead atoms. The molecule has 1 atom stereocenters. The fourth-order valence-corrected chi connectivity index (χ4v) is 3.48. The summed E-state index contributed by atoms with van der Waals surface area (Å²) < 4.78 is 5.22. The fraction of sp³-hybridized carbons (Fsp3) is 0.174. The number of aromatic nitrogens is 1. The second-order valence-corrected chi connectivity index (χ2v) is 7.15. The maximum atomic E-state index is 12.5. The number of amides is 1. The number of thioether (sulfide) groups is 1. The number of esters is 1. The van der Waals surface area contributed by atoms with Crippen molar-refractivity contribution in [3.63, 3.8) is 0 Å². The zero-order valence-electron chi connectivity index (χ0n) is 16.1. The highest BCUT2D eigenvalue weighted by atomic mass is 32.2. The van der Waals surface area contributed by atoms with Gasteiger partial charge in [0.05, 0.1) is 11.6 Å². The molecule has 0 unspecified atom stereocenters. The number of carbonyl (C=O) groups excluding carboxylic acids is 2. The number of benzene rings is 2. The molecular formula is C23H22N2O3S. The summed E-state index contributed by atoms with van der Waals surface area (Å²) in [7, 11) is 0. The smallest absolute Gasteiger partial charge is 0.341 e. The van der Waals surface area contributed by atoms with E-state index < -0.39 is 5.97 Å². The van der Waals surface area contributed by atoms with Crippen LogP contribution in [-0.4, -0.2) is 29.7 Å². The molecule has 1 aromatic heterocycles. The quantitative estimate of drug-likeness (QED) is 0.451. The Bertz CT molecular complexity index is 949. The lowest BCUT2D eigenvalue weighted by Crippen LogP contribution is -2.33. The Morgan fingerprint density at radius 2 is 1.69 bits per heavy atom. The standard InChI is InChI=1S/C23H22N2O3S/c1-29-22-19(13-8-14-24-22)23(27)28-16-21(26)25-20(18-11-6-3-7-12-18)15-17-9-4-2-5-10-17/h2-14,20H,15-16H2,1H3,(H,25,26)/t20-/m0/s1. The Morgan fingerprint density at radius 3 is 2.38 bits per heavy atom. The van der Waals surface area contributed by atoms with E-state index in [2.05, 4.69) is 10.3 Å². The number of nitrogens with one attached hydrogen (secondary N) is 1. The van der Waals surface area contributed by atoms with E-state index in [0.29, 0.717) is 17.0 Å². The first-order valence-corrected chi connectivity index (χ1v) is 10.4. The van der Waals surface area contributed by atoms with E-state index in [4.69, 9.17) is 4.74 Å². The van der Waals surface area contributed by atoms with Crippen molar-refractivity contribution in [3.05, 3.63) is 95.7 Å². The summed E-state index contributed by atoms with van der Waals surface area (Å²) >= 11 is 1.35. The van der Waals surface area contributed by atoms with E-state index in [1.54, 1.807) is 18.3 Å². The lowest BCUT2D eigenvalue weighted by molar-refractivity contribution is -0.125. The van der Waals surface area contributed by atoms with Crippen molar-refractivity contribution < 1.29 is 14.3 Å². The number of ether oxygens (including phenoxy) is 1. The molecule has 5 nitrogen and oxygen atoms in total. The molecule has 29 heavy (non-hydrogen) atoms. The van der Waals surface area contributed by atoms with Crippen LogP contribution >= 0.6 is 11.8 Å². The summed E-state index contributed by atoms with van der Waals surface area (Å²) in [6.07, 6.45) is 4.09. The zero-order valence-corrected chi connectivity index (χ0v) is 16.9. The third-order valence-electron chi connectivity index (χ3n) is 4.34. The summed E-state index contributed by atoms with van der Waals surface area (Å²) in [6.45, 7) is -0.348. The van der Waals surface area contributed by atoms with Crippen LogP contribution in [0.3, 0.4) is 0 Å². The van der Waals surface area contributed by atoms with Crippen LogP contribution in [0, 0.1) is 0 Å². The van der Waals surface area contributed by atoms with E-state index in [1.807, 2.05) is 66.9 Å². The monoisotopic (exact) mass is 406 g/mol. The zero-order chi connectivity index (χ0) is 20.5. The Balaban J connectivity index is 1.64. The Morgan fingerprint density at radius 1 is 1.00 bits per heavy atom. The van der Waals surface area contributed by atoms with Gasteiger partial charge in [-0.1, -0.05) is 60.7 Å². The number of hydrogen-bond donors (Lipinski definition) is 1. The molecule has 0 saturated carbocycles. The van der Waals surface area contributed by atoms with Crippen molar-refractivity contribution in [2.45, 2.75) is 17.5 Å². The van der Waals surface area contributed by atoms with Gasteiger partial charge in [-0.2, -0.15) is 0 Å². The summed E-state index contributed by atoms with van der Waals surface area (Å²) in [5, 5.41) is 3.55. The van der Waals surface area contributed by atoms with Crippen molar-refractivity contribution in [2.75, 3.05) is 12.9 Å².